The van der Waals surface area contributed by atoms with Crippen LogP contribution in [-0.2, 0) is 16.8 Å². The summed E-state index contributed by atoms with van der Waals surface area (Å²) in [5.74, 6) is 0.849. The Hall–Kier alpha value is -2.60. The molecule has 5 nitrogen and oxygen atoms in total. The number of likely N-dealkylation sites (tertiary alicyclic amines) is 1. The third kappa shape index (κ3) is 2.30. The van der Waals surface area contributed by atoms with Gasteiger partial charge < -0.3 is 4.90 Å². The average Bonchev–Trinajstić information content (AvgIpc) is 3.25. The fourth-order valence-electron chi connectivity index (χ4n) is 4.97. The summed E-state index contributed by atoms with van der Waals surface area (Å²) in [5, 5.41) is 10.2. The number of amides is 1. The molecule has 3 aliphatic rings. The Bertz CT molecular complexity index is 1000. The SMILES string of the molecule is CSC1=NN=C2N(C(C)=O)CCC23c2ccccc2N(Cc2ccccc2)C13. The number of para-hydroxylation sites is 1. The topological polar surface area (TPSA) is 48.3 Å². The van der Waals surface area contributed by atoms with Crippen LogP contribution in [0.1, 0.15) is 24.5 Å². The van der Waals surface area contributed by atoms with E-state index in [1.807, 2.05) is 11.0 Å². The van der Waals surface area contributed by atoms with E-state index in [1.165, 1.54) is 16.8 Å². The second-order valence-electron chi connectivity index (χ2n) is 7.49. The molecule has 2 atom stereocenters. The van der Waals surface area contributed by atoms with Crippen LogP contribution in [0, 0.1) is 0 Å². The Kier molecular flexibility index (Phi) is 4.05. The van der Waals surface area contributed by atoms with E-state index in [4.69, 9.17) is 0 Å². The van der Waals surface area contributed by atoms with Gasteiger partial charge in [0, 0.05) is 25.7 Å². The number of amidine groups is 1. The zero-order chi connectivity index (χ0) is 19.3. The van der Waals surface area contributed by atoms with Gasteiger partial charge >= 0.3 is 0 Å². The number of carbonyl (C=O) groups excluding carboxylic acids is 1. The predicted molar refractivity (Wildman–Crippen MR) is 115 cm³/mol. The first kappa shape index (κ1) is 17.5. The zero-order valence-electron chi connectivity index (χ0n) is 16.0. The summed E-state index contributed by atoms with van der Waals surface area (Å²) in [4.78, 5) is 16.6. The lowest BCUT2D eigenvalue weighted by molar-refractivity contribution is -0.124. The third-order valence-corrected chi connectivity index (χ3v) is 6.84. The molecule has 0 N–H and O–H groups in total. The maximum Gasteiger partial charge on any atom is 0.224 e. The summed E-state index contributed by atoms with van der Waals surface area (Å²) in [6, 6.07) is 19.2. The van der Waals surface area contributed by atoms with Gasteiger partial charge in [0.05, 0.1) is 11.5 Å². The minimum absolute atomic E-state index is 0.0381. The van der Waals surface area contributed by atoms with E-state index in [-0.39, 0.29) is 17.4 Å². The Morgan fingerprint density at radius 1 is 1.14 bits per heavy atom. The van der Waals surface area contributed by atoms with Gasteiger partial charge in [0.1, 0.15) is 10.9 Å². The molecule has 142 valence electrons. The van der Waals surface area contributed by atoms with Gasteiger partial charge in [-0.25, -0.2) is 0 Å². The van der Waals surface area contributed by atoms with Crippen LogP contribution in [-0.4, -0.2) is 40.5 Å². The molecule has 3 heterocycles. The maximum atomic E-state index is 12.3. The molecule has 28 heavy (non-hydrogen) atoms. The molecule has 0 radical (unpaired) electrons. The molecule has 2 aromatic carbocycles. The van der Waals surface area contributed by atoms with E-state index < -0.39 is 0 Å². The van der Waals surface area contributed by atoms with E-state index in [0.717, 1.165) is 23.8 Å². The van der Waals surface area contributed by atoms with Gasteiger partial charge in [0.25, 0.3) is 0 Å². The van der Waals surface area contributed by atoms with Crippen molar-refractivity contribution in [1.29, 1.82) is 0 Å². The van der Waals surface area contributed by atoms with Crippen LogP contribution in [0.4, 0.5) is 5.69 Å². The summed E-state index contributed by atoms with van der Waals surface area (Å²) >= 11 is 1.66. The van der Waals surface area contributed by atoms with E-state index in [0.29, 0.717) is 6.54 Å². The first-order valence-corrected chi connectivity index (χ1v) is 10.8. The molecule has 2 unspecified atom stereocenters. The highest BCUT2D eigenvalue weighted by Crippen LogP contribution is 2.54. The maximum absolute atomic E-state index is 12.3. The fourth-order valence-corrected chi connectivity index (χ4v) is 5.64. The Morgan fingerprint density at radius 2 is 1.89 bits per heavy atom. The molecule has 0 bridgehead atoms. The van der Waals surface area contributed by atoms with Crippen LogP contribution >= 0.6 is 11.8 Å². The smallest absolute Gasteiger partial charge is 0.224 e. The number of benzene rings is 2. The first-order chi connectivity index (χ1) is 13.7. The summed E-state index contributed by atoms with van der Waals surface area (Å²) in [5.41, 5.74) is 3.44. The van der Waals surface area contributed by atoms with E-state index in [9.17, 15) is 4.79 Å². The number of carbonyl (C=O) groups is 1. The van der Waals surface area contributed by atoms with Gasteiger partial charge in [0.15, 0.2) is 0 Å². The molecule has 5 rings (SSSR count). The second kappa shape index (κ2) is 6.48. The molecule has 3 aliphatic heterocycles. The lowest BCUT2D eigenvalue weighted by Crippen LogP contribution is -2.55. The van der Waals surface area contributed by atoms with Crippen molar-refractivity contribution >= 4 is 34.2 Å². The molecule has 0 saturated carbocycles. The largest absolute Gasteiger partial charge is 0.356 e. The van der Waals surface area contributed by atoms with E-state index in [2.05, 4.69) is 69.9 Å². The lowest BCUT2D eigenvalue weighted by Gasteiger charge is -2.38. The second-order valence-corrected chi connectivity index (χ2v) is 8.32. The number of rotatable bonds is 2. The molecular formula is C22H22N4OS. The molecule has 1 fully saturated rings. The van der Waals surface area contributed by atoms with Crippen molar-refractivity contribution in [3.8, 4) is 0 Å². The number of hydrogen-bond acceptors (Lipinski definition) is 5. The standard InChI is InChI=1S/C22H22N4OS/c1-15(27)25-13-12-22-17-10-6-7-11-18(17)26(14-16-8-4-3-5-9-16)19(22)20(28-2)23-24-21(22)25/h3-11,19H,12-14H2,1-2H3. The number of thioether (sulfide) groups is 1. The Labute approximate surface area is 169 Å². The average molecular weight is 391 g/mol. The number of anilines is 1. The summed E-state index contributed by atoms with van der Waals surface area (Å²) in [7, 11) is 0. The quantitative estimate of drug-likeness (QED) is 0.786. The van der Waals surface area contributed by atoms with Gasteiger partial charge in [0.2, 0.25) is 5.91 Å². The number of fused-ring (bicyclic) bond motifs is 1. The minimum Gasteiger partial charge on any atom is -0.356 e. The molecule has 1 saturated heterocycles. The van der Waals surface area contributed by atoms with Gasteiger partial charge in [-0.15, -0.1) is 22.0 Å². The van der Waals surface area contributed by atoms with E-state index >= 15 is 0 Å². The van der Waals surface area contributed by atoms with Gasteiger partial charge in [-0.1, -0.05) is 48.5 Å². The Morgan fingerprint density at radius 3 is 2.64 bits per heavy atom. The first-order valence-electron chi connectivity index (χ1n) is 9.55. The minimum atomic E-state index is -0.308. The molecule has 0 aliphatic carbocycles. The van der Waals surface area contributed by atoms with Crippen LogP contribution in [0.3, 0.4) is 0 Å². The molecule has 1 spiro atoms. The molecule has 1 amide bonds. The number of nitrogens with zero attached hydrogens (tertiary/aromatic N) is 4. The monoisotopic (exact) mass is 390 g/mol. The van der Waals surface area contributed by atoms with Crippen molar-refractivity contribution in [3.05, 3.63) is 65.7 Å². The van der Waals surface area contributed by atoms with Crippen LogP contribution < -0.4 is 4.90 Å². The van der Waals surface area contributed by atoms with Crippen LogP contribution in [0.25, 0.3) is 0 Å². The van der Waals surface area contributed by atoms with Crippen molar-refractivity contribution < 1.29 is 4.79 Å². The van der Waals surface area contributed by atoms with Crippen molar-refractivity contribution in [3.63, 3.8) is 0 Å². The van der Waals surface area contributed by atoms with Crippen LogP contribution in [0.5, 0.6) is 0 Å². The zero-order valence-corrected chi connectivity index (χ0v) is 16.8. The van der Waals surface area contributed by atoms with Gasteiger partial charge in [-0.2, -0.15) is 0 Å². The lowest BCUT2D eigenvalue weighted by atomic mass is 9.74. The highest BCUT2D eigenvalue weighted by atomic mass is 32.2. The van der Waals surface area contributed by atoms with Crippen LogP contribution in [0.2, 0.25) is 0 Å². The molecular weight excluding hydrogens is 368 g/mol. The normalized spacial score (nSPS) is 25.0. The van der Waals surface area contributed by atoms with Crippen molar-refractivity contribution in [2.24, 2.45) is 10.2 Å². The highest BCUT2D eigenvalue weighted by molar-refractivity contribution is 8.13. The van der Waals surface area contributed by atoms with Crippen LogP contribution in [0.15, 0.2) is 64.8 Å². The number of hydrogen-bond donors (Lipinski definition) is 0. The van der Waals surface area contributed by atoms with E-state index in [1.54, 1.807) is 18.7 Å². The molecule has 6 heteroatoms. The molecule has 0 aromatic heterocycles. The van der Waals surface area contributed by atoms with Gasteiger partial charge in [-0.3, -0.25) is 9.69 Å². The predicted octanol–water partition coefficient (Wildman–Crippen LogP) is 3.65. The Balaban J connectivity index is 1.70. The summed E-state index contributed by atoms with van der Waals surface area (Å²) in [6.07, 6.45) is 2.94. The highest BCUT2D eigenvalue weighted by Gasteiger charge is 2.62. The summed E-state index contributed by atoms with van der Waals surface area (Å²) < 4.78 is 0. The summed E-state index contributed by atoms with van der Waals surface area (Å²) in [6.45, 7) is 3.11. The molecule has 2 aromatic rings. The van der Waals surface area contributed by atoms with Crippen molar-refractivity contribution in [1.82, 2.24) is 4.90 Å². The van der Waals surface area contributed by atoms with Gasteiger partial charge in [-0.05, 0) is 29.9 Å². The van der Waals surface area contributed by atoms with Crippen molar-refractivity contribution in [2.45, 2.75) is 31.3 Å². The van der Waals surface area contributed by atoms with Crippen molar-refractivity contribution in [2.75, 3.05) is 17.7 Å². The fraction of sp³-hybridized carbons (Fsp3) is 0.318. The third-order valence-electron chi connectivity index (χ3n) is 6.12.